The van der Waals surface area contributed by atoms with E-state index < -0.39 is 8.07 Å². The maximum Gasteiger partial charge on any atom is 0.179 e. The summed E-state index contributed by atoms with van der Waals surface area (Å²) >= 11 is 0. The third kappa shape index (κ3) is 8.14. The van der Waals surface area contributed by atoms with Gasteiger partial charge in [-0.15, -0.1) is 0 Å². The molecule has 11 rings (SSSR count). The molecule has 0 atom stereocenters. The summed E-state index contributed by atoms with van der Waals surface area (Å²) in [6.07, 6.45) is 0. The minimum absolute atomic E-state index is 0.678. The molecule has 1 heterocycles. The summed E-state index contributed by atoms with van der Waals surface area (Å²) in [7, 11) is -2.85. The fourth-order valence-corrected chi connectivity index (χ4v) is 14.5. The summed E-state index contributed by atoms with van der Waals surface area (Å²) in [4.78, 5) is 10.8. The van der Waals surface area contributed by atoms with Gasteiger partial charge in [0, 0.05) is 16.7 Å². The Balaban J connectivity index is 1.19. The van der Waals surface area contributed by atoms with Gasteiger partial charge in [0.2, 0.25) is 0 Å². The molecule has 0 amide bonds. The van der Waals surface area contributed by atoms with Crippen molar-refractivity contribution in [2.45, 2.75) is 0 Å². The highest BCUT2D eigenvalue weighted by Gasteiger charge is 2.41. The summed E-state index contributed by atoms with van der Waals surface area (Å²) < 4.78 is 0. The Bertz CT molecular complexity index is 3300. The van der Waals surface area contributed by atoms with Gasteiger partial charge in [-0.1, -0.05) is 261 Å². The second-order valence-corrected chi connectivity index (χ2v) is 20.7. The van der Waals surface area contributed by atoms with Crippen LogP contribution >= 0.6 is 0 Å². The van der Waals surface area contributed by atoms with Crippen molar-refractivity contribution in [1.82, 2.24) is 9.97 Å². The number of benzene rings is 10. The third-order valence-corrected chi connectivity index (χ3v) is 17.6. The Hall–Kier alpha value is -8.50. The lowest BCUT2D eigenvalue weighted by Gasteiger charge is -2.34. The first-order valence-corrected chi connectivity index (χ1v) is 24.9. The van der Waals surface area contributed by atoms with Crippen LogP contribution in [0.15, 0.2) is 279 Å². The van der Waals surface area contributed by atoms with Crippen LogP contribution in [0.25, 0.3) is 78.4 Å². The average Bonchev–Trinajstić information content (AvgIpc) is 3.42. The van der Waals surface area contributed by atoms with Crippen molar-refractivity contribution in [2.75, 3.05) is 0 Å². The highest BCUT2D eigenvalue weighted by molar-refractivity contribution is 7.19. The standard InChI is InChI=1S/C64H46N2Si/c1-8-23-47(24-9-1)49-39-41-50(42-40-49)61-46-62(66-64(65-61)52-29-14-4-15-30-52)60-45-54(48-25-10-2-11-26-48)44-59(63(60)51-27-12-3-13-28-51)53-31-22-38-58(43-53)67(55-32-16-5-17-33-55,56-34-18-6-19-35-56)57-36-20-7-21-37-57/h1-46H. The molecule has 0 aliphatic carbocycles. The Labute approximate surface area is 394 Å². The van der Waals surface area contributed by atoms with Crippen molar-refractivity contribution in [1.29, 1.82) is 0 Å². The molecular formula is C64H46N2Si. The summed E-state index contributed by atoms with van der Waals surface area (Å²) in [5.41, 5.74) is 13.8. The highest BCUT2D eigenvalue weighted by Crippen LogP contribution is 2.44. The lowest BCUT2D eigenvalue weighted by molar-refractivity contribution is 1.18. The first-order valence-electron chi connectivity index (χ1n) is 22.9. The van der Waals surface area contributed by atoms with Gasteiger partial charge in [-0.05, 0) is 83.5 Å². The van der Waals surface area contributed by atoms with Crippen molar-refractivity contribution in [3.05, 3.63) is 279 Å². The molecule has 2 nitrogen and oxygen atoms in total. The molecule has 0 spiro atoms. The van der Waals surface area contributed by atoms with E-state index in [1.54, 1.807) is 0 Å². The minimum atomic E-state index is -2.85. The second kappa shape index (κ2) is 18.5. The van der Waals surface area contributed by atoms with Crippen LogP contribution in [0.5, 0.6) is 0 Å². The van der Waals surface area contributed by atoms with E-state index in [9.17, 15) is 0 Å². The number of nitrogens with zero attached hydrogens (tertiary/aromatic N) is 2. The maximum atomic E-state index is 5.49. The zero-order valence-electron chi connectivity index (χ0n) is 37.0. The van der Waals surface area contributed by atoms with E-state index in [1.807, 2.05) is 6.07 Å². The van der Waals surface area contributed by atoms with Gasteiger partial charge in [0.25, 0.3) is 0 Å². The number of hydrogen-bond acceptors (Lipinski definition) is 2. The number of hydrogen-bond donors (Lipinski definition) is 0. The van der Waals surface area contributed by atoms with Gasteiger partial charge in [0.15, 0.2) is 13.9 Å². The van der Waals surface area contributed by atoms with E-state index in [4.69, 9.17) is 9.97 Å². The van der Waals surface area contributed by atoms with Gasteiger partial charge in [-0.2, -0.15) is 0 Å². The van der Waals surface area contributed by atoms with Crippen LogP contribution in [-0.4, -0.2) is 18.0 Å². The van der Waals surface area contributed by atoms with E-state index >= 15 is 0 Å². The van der Waals surface area contributed by atoms with Crippen LogP contribution in [0.1, 0.15) is 0 Å². The monoisotopic (exact) mass is 870 g/mol. The normalized spacial score (nSPS) is 11.3. The number of rotatable bonds is 11. The Morgan fingerprint density at radius 1 is 0.224 bits per heavy atom. The smallest absolute Gasteiger partial charge is 0.179 e. The molecule has 3 heteroatoms. The van der Waals surface area contributed by atoms with Gasteiger partial charge in [0.1, 0.15) is 0 Å². The van der Waals surface area contributed by atoms with Gasteiger partial charge >= 0.3 is 0 Å². The quantitative estimate of drug-likeness (QED) is 0.0956. The molecule has 67 heavy (non-hydrogen) atoms. The zero-order valence-corrected chi connectivity index (χ0v) is 38.0. The molecule has 1 aromatic heterocycles. The fourth-order valence-electron chi connectivity index (χ4n) is 9.68. The average molecular weight is 871 g/mol. The molecule has 11 aromatic rings. The van der Waals surface area contributed by atoms with Crippen LogP contribution in [-0.2, 0) is 0 Å². The third-order valence-electron chi connectivity index (χ3n) is 12.9. The van der Waals surface area contributed by atoms with Crippen LogP contribution in [0.2, 0.25) is 0 Å². The van der Waals surface area contributed by atoms with Crippen LogP contribution < -0.4 is 20.7 Å². The van der Waals surface area contributed by atoms with E-state index in [0.29, 0.717) is 5.82 Å². The van der Waals surface area contributed by atoms with E-state index in [0.717, 1.165) is 67.0 Å². The van der Waals surface area contributed by atoms with E-state index in [1.165, 1.54) is 26.3 Å². The maximum absolute atomic E-state index is 5.49. The molecule has 0 saturated heterocycles. The minimum Gasteiger partial charge on any atom is -0.228 e. The Morgan fingerprint density at radius 3 is 1.12 bits per heavy atom. The molecule has 0 aliphatic heterocycles. The molecule has 0 bridgehead atoms. The number of aromatic nitrogens is 2. The van der Waals surface area contributed by atoms with Crippen molar-refractivity contribution in [3.63, 3.8) is 0 Å². The molecular weight excluding hydrogens is 825 g/mol. The molecule has 0 unspecified atom stereocenters. The molecule has 0 fully saturated rings. The van der Waals surface area contributed by atoms with Crippen LogP contribution in [0.4, 0.5) is 0 Å². The molecule has 316 valence electrons. The second-order valence-electron chi connectivity index (χ2n) is 16.9. The Kier molecular flexibility index (Phi) is 11.4. The van der Waals surface area contributed by atoms with Crippen molar-refractivity contribution in [3.8, 4) is 78.4 Å². The summed E-state index contributed by atoms with van der Waals surface area (Å²) in [5, 5.41) is 5.33. The molecule has 10 aromatic carbocycles. The van der Waals surface area contributed by atoms with Gasteiger partial charge in [0.05, 0.1) is 11.4 Å². The summed E-state index contributed by atoms with van der Waals surface area (Å²) in [5.74, 6) is 0.678. The molecule has 0 N–H and O–H groups in total. The van der Waals surface area contributed by atoms with Crippen molar-refractivity contribution in [2.24, 2.45) is 0 Å². The highest BCUT2D eigenvalue weighted by atomic mass is 28.3. The first-order chi connectivity index (χ1) is 33.2. The summed E-state index contributed by atoms with van der Waals surface area (Å²) in [6.45, 7) is 0. The molecule has 0 saturated carbocycles. The van der Waals surface area contributed by atoms with Crippen LogP contribution in [0.3, 0.4) is 0 Å². The van der Waals surface area contributed by atoms with Crippen molar-refractivity contribution < 1.29 is 0 Å². The molecule has 0 aliphatic rings. The first kappa shape index (κ1) is 41.2. The lowest BCUT2D eigenvalue weighted by atomic mass is 9.85. The van der Waals surface area contributed by atoms with Gasteiger partial charge in [-0.25, -0.2) is 9.97 Å². The van der Waals surface area contributed by atoms with E-state index in [2.05, 4.69) is 273 Å². The lowest BCUT2D eigenvalue weighted by Crippen LogP contribution is -2.74. The predicted octanol–water partition coefficient (Wildman–Crippen LogP) is 13.5. The van der Waals surface area contributed by atoms with Crippen molar-refractivity contribution >= 4 is 28.8 Å². The van der Waals surface area contributed by atoms with Gasteiger partial charge in [-0.3, -0.25) is 0 Å². The van der Waals surface area contributed by atoms with E-state index in [-0.39, 0.29) is 0 Å². The topological polar surface area (TPSA) is 25.8 Å². The summed E-state index contributed by atoms with van der Waals surface area (Å²) in [6, 6.07) is 101. The molecule has 0 radical (unpaired) electrons. The Morgan fingerprint density at radius 2 is 0.597 bits per heavy atom. The SMILES string of the molecule is c1ccc(-c2ccc(-c3cc(-c4cc(-c5ccccc5)cc(-c5cccc([Si](c6ccccc6)(c6ccccc6)c6ccccc6)c5)c4-c4ccccc4)nc(-c4ccccc4)n3)cc2)cc1. The van der Waals surface area contributed by atoms with Crippen LogP contribution in [0, 0.1) is 0 Å². The largest absolute Gasteiger partial charge is 0.228 e. The zero-order chi connectivity index (χ0) is 44.8. The van der Waals surface area contributed by atoms with Gasteiger partial charge < -0.3 is 0 Å². The fraction of sp³-hybridized carbons (Fsp3) is 0. The predicted molar refractivity (Wildman–Crippen MR) is 284 cm³/mol.